The molecule has 1 aromatic carbocycles. The van der Waals surface area contributed by atoms with Crippen molar-refractivity contribution in [3.05, 3.63) is 29.8 Å². The van der Waals surface area contributed by atoms with E-state index in [4.69, 9.17) is 0 Å². The highest BCUT2D eigenvalue weighted by Crippen LogP contribution is 2.21. The minimum Gasteiger partial charge on any atom is -0.353 e. The van der Waals surface area contributed by atoms with Crippen LogP contribution in [0, 0.1) is 11.6 Å². The second-order valence-corrected chi connectivity index (χ2v) is 8.42. The minimum absolute atomic E-state index is 0.0987. The fraction of sp³-hybridized carbons (Fsp3) is 0.588. The highest BCUT2D eigenvalue weighted by atomic mass is 32.2. The lowest BCUT2D eigenvalue weighted by Crippen LogP contribution is -2.51. The zero-order valence-corrected chi connectivity index (χ0v) is 15.9. The van der Waals surface area contributed by atoms with E-state index < -0.39 is 26.6 Å². The number of amides is 1. The third-order valence-electron chi connectivity index (χ3n) is 4.34. The van der Waals surface area contributed by atoms with Gasteiger partial charge in [0.1, 0.15) is 16.5 Å². The molecule has 0 aliphatic carbocycles. The smallest absolute Gasteiger partial charge is 0.246 e. The van der Waals surface area contributed by atoms with Gasteiger partial charge in [0, 0.05) is 32.2 Å². The number of rotatable bonds is 7. The van der Waals surface area contributed by atoms with E-state index in [1.165, 1.54) is 0 Å². The Morgan fingerprint density at radius 2 is 1.88 bits per heavy atom. The first kappa shape index (κ1) is 20.7. The molecule has 1 amide bonds. The van der Waals surface area contributed by atoms with Gasteiger partial charge in [0.15, 0.2) is 0 Å². The average molecular weight is 389 g/mol. The van der Waals surface area contributed by atoms with E-state index in [0.29, 0.717) is 19.2 Å². The Morgan fingerprint density at radius 1 is 1.23 bits per heavy atom. The third kappa shape index (κ3) is 5.21. The topological polar surface area (TPSA) is 69.7 Å². The highest BCUT2D eigenvalue weighted by molar-refractivity contribution is 7.89. The number of hydrogen-bond acceptors (Lipinski definition) is 4. The zero-order chi connectivity index (χ0) is 19.3. The summed E-state index contributed by atoms with van der Waals surface area (Å²) in [5, 5.41) is 2.91. The molecule has 26 heavy (non-hydrogen) atoms. The number of halogens is 2. The number of carbonyl (C=O) groups excluding carboxylic acids is 1. The van der Waals surface area contributed by atoms with Crippen molar-refractivity contribution in [3.63, 3.8) is 0 Å². The molecule has 6 nitrogen and oxygen atoms in total. The van der Waals surface area contributed by atoms with Crippen LogP contribution in [0.25, 0.3) is 0 Å². The Hall–Kier alpha value is -1.58. The molecule has 1 fully saturated rings. The van der Waals surface area contributed by atoms with E-state index in [0.717, 1.165) is 29.3 Å². The van der Waals surface area contributed by atoms with Gasteiger partial charge in [0.05, 0.1) is 6.54 Å². The second-order valence-electron chi connectivity index (χ2n) is 6.51. The van der Waals surface area contributed by atoms with E-state index in [9.17, 15) is 22.0 Å². The largest absolute Gasteiger partial charge is 0.353 e. The molecule has 0 radical (unpaired) electrons. The van der Waals surface area contributed by atoms with Gasteiger partial charge >= 0.3 is 0 Å². The number of carbonyl (C=O) groups is 1. The lowest BCUT2D eigenvalue weighted by atomic mass is 10.2. The van der Waals surface area contributed by atoms with E-state index in [1.807, 2.05) is 18.7 Å². The predicted molar refractivity (Wildman–Crippen MR) is 94.1 cm³/mol. The summed E-state index contributed by atoms with van der Waals surface area (Å²) < 4.78 is 53.3. The molecule has 1 aliphatic rings. The van der Waals surface area contributed by atoms with Gasteiger partial charge in [0.25, 0.3) is 0 Å². The van der Waals surface area contributed by atoms with Gasteiger partial charge in [-0.1, -0.05) is 13.3 Å². The molecule has 1 saturated heterocycles. The maximum Gasteiger partial charge on any atom is 0.246 e. The van der Waals surface area contributed by atoms with Crippen LogP contribution in [0.4, 0.5) is 8.78 Å². The van der Waals surface area contributed by atoms with Crippen LogP contribution < -0.4 is 5.32 Å². The normalized spacial score (nSPS) is 17.8. The summed E-state index contributed by atoms with van der Waals surface area (Å²) in [6, 6.07) is 2.48. The molecule has 1 aromatic rings. The van der Waals surface area contributed by atoms with Crippen LogP contribution in [0.5, 0.6) is 0 Å². The van der Waals surface area contributed by atoms with E-state index >= 15 is 0 Å². The van der Waals surface area contributed by atoms with Crippen LogP contribution in [0.2, 0.25) is 0 Å². The van der Waals surface area contributed by atoms with Gasteiger partial charge in [-0.3, -0.25) is 9.69 Å². The number of piperazine rings is 1. The number of nitrogens with zero attached hydrogens (tertiary/aromatic N) is 2. The van der Waals surface area contributed by atoms with Crippen LogP contribution in [0.15, 0.2) is 23.1 Å². The van der Waals surface area contributed by atoms with E-state index in [-0.39, 0.29) is 31.6 Å². The molecule has 0 spiro atoms. The van der Waals surface area contributed by atoms with Gasteiger partial charge in [-0.2, -0.15) is 4.31 Å². The minimum atomic E-state index is -4.10. The Balaban J connectivity index is 1.93. The highest BCUT2D eigenvalue weighted by Gasteiger charge is 2.31. The van der Waals surface area contributed by atoms with Gasteiger partial charge < -0.3 is 5.32 Å². The Labute approximate surface area is 153 Å². The monoisotopic (exact) mass is 389 g/mol. The fourth-order valence-corrected chi connectivity index (χ4v) is 4.47. The quantitative estimate of drug-likeness (QED) is 0.769. The predicted octanol–water partition coefficient (Wildman–Crippen LogP) is 1.58. The van der Waals surface area contributed by atoms with Crippen LogP contribution in [0.1, 0.15) is 26.7 Å². The Kier molecular flexibility index (Phi) is 7.08. The first-order valence-corrected chi connectivity index (χ1v) is 10.1. The second kappa shape index (κ2) is 8.88. The number of hydrogen-bond donors (Lipinski definition) is 1. The summed E-state index contributed by atoms with van der Waals surface area (Å²) in [5.41, 5.74) is 0. The van der Waals surface area contributed by atoms with Crippen molar-refractivity contribution < 1.29 is 22.0 Å². The zero-order valence-electron chi connectivity index (χ0n) is 15.0. The van der Waals surface area contributed by atoms with Gasteiger partial charge in [-0.25, -0.2) is 17.2 Å². The molecule has 0 saturated carbocycles. The molecule has 1 atom stereocenters. The lowest BCUT2D eigenvalue weighted by Gasteiger charge is -2.33. The maximum atomic E-state index is 13.8. The molecular formula is C17H25F2N3O3S. The summed E-state index contributed by atoms with van der Waals surface area (Å²) >= 11 is 0. The van der Waals surface area contributed by atoms with E-state index in [1.54, 1.807) is 0 Å². The van der Waals surface area contributed by atoms with Gasteiger partial charge in [0.2, 0.25) is 15.9 Å². The standard InChI is InChI=1S/C17H25F2N3O3S/c1-3-4-13(2)20-17(23)12-21-7-9-22(10-8-21)26(24,25)16-11-14(18)5-6-15(16)19/h5-6,11,13H,3-4,7-10,12H2,1-2H3,(H,20,23). The molecule has 1 unspecified atom stereocenters. The number of sulfonamides is 1. The number of benzene rings is 1. The van der Waals surface area contributed by atoms with Crippen LogP contribution in [-0.4, -0.2) is 62.3 Å². The van der Waals surface area contributed by atoms with Crippen molar-refractivity contribution in [2.75, 3.05) is 32.7 Å². The Bertz CT molecular complexity index is 735. The summed E-state index contributed by atoms with van der Waals surface area (Å²) in [5.74, 6) is -1.88. The molecule has 0 bridgehead atoms. The van der Waals surface area contributed by atoms with E-state index in [2.05, 4.69) is 5.32 Å². The molecule has 146 valence electrons. The van der Waals surface area contributed by atoms with Crippen molar-refractivity contribution >= 4 is 15.9 Å². The third-order valence-corrected chi connectivity index (χ3v) is 6.25. The summed E-state index contributed by atoms with van der Waals surface area (Å²) in [6.07, 6.45) is 1.88. The summed E-state index contributed by atoms with van der Waals surface area (Å²) in [6.45, 7) is 5.13. The first-order chi connectivity index (χ1) is 12.2. The SMILES string of the molecule is CCCC(C)NC(=O)CN1CCN(S(=O)(=O)c2cc(F)ccc2F)CC1. The molecule has 1 heterocycles. The van der Waals surface area contributed by atoms with Crippen molar-refractivity contribution in [2.45, 2.75) is 37.6 Å². The van der Waals surface area contributed by atoms with Gasteiger partial charge in [-0.05, 0) is 31.5 Å². The molecule has 2 rings (SSSR count). The van der Waals surface area contributed by atoms with Crippen molar-refractivity contribution in [1.29, 1.82) is 0 Å². The average Bonchev–Trinajstić information content (AvgIpc) is 2.57. The van der Waals surface area contributed by atoms with Gasteiger partial charge in [-0.15, -0.1) is 0 Å². The molecule has 1 N–H and O–H groups in total. The van der Waals surface area contributed by atoms with Crippen molar-refractivity contribution in [1.82, 2.24) is 14.5 Å². The molecular weight excluding hydrogens is 364 g/mol. The van der Waals surface area contributed by atoms with Crippen molar-refractivity contribution in [3.8, 4) is 0 Å². The lowest BCUT2D eigenvalue weighted by molar-refractivity contribution is -0.123. The molecule has 1 aliphatic heterocycles. The summed E-state index contributed by atoms with van der Waals surface area (Å²) in [7, 11) is -4.10. The fourth-order valence-electron chi connectivity index (χ4n) is 2.97. The Morgan fingerprint density at radius 3 is 2.50 bits per heavy atom. The summed E-state index contributed by atoms with van der Waals surface area (Å²) in [4.78, 5) is 13.2. The number of nitrogens with one attached hydrogen (secondary N) is 1. The molecule has 0 aromatic heterocycles. The molecule has 9 heteroatoms. The van der Waals surface area contributed by atoms with Crippen molar-refractivity contribution in [2.24, 2.45) is 0 Å². The van der Waals surface area contributed by atoms with Crippen LogP contribution in [0.3, 0.4) is 0 Å². The first-order valence-electron chi connectivity index (χ1n) is 8.71. The maximum absolute atomic E-state index is 13.8. The van der Waals surface area contributed by atoms with Crippen LogP contribution >= 0.6 is 0 Å². The van der Waals surface area contributed by atoms with Crippen LogP contribution in [-0.2, 0) is 14.8 Å².